The van der Waals surface area contributed by atoms with Crippen LogP contribution >= 0.6 is 0 Å². The fourth-order valence-corrected chi connectivity index (χ4v) is 1.18. The Kier molecular flexibility index (Phi) is 2.87. The zero-order valence-electron chi connectivity index (χ0n) is 7.47. The first-order valence-electron chi connectivity index (χ1n) is 4.27. The highest BCUT2D eigenvalue weighted by Crippen LogP contribution is 2.17. The van der Waals surface area contributed by atoms with E-state index in [0.717, 1.165) is 13.2 Å². The molecule has 0 aliphatic carbocycles. The molecule has 0 aromatic heterocycles. The first-order chi connectivity index (χ1) is 5.17. The number of nitrogens with two attached hydrogens (primary N) is 1. The van der Waals surface area contributed by atoms with Crippen LogP contribution in [0, 0.1) is 0 Å². The highest BCUT2D eigenvalue weighted by atomic mass is 16.7. The van der Waals surface area contributed by atoms with E-state index < -0.39 is 0 Å². The van der Waals surface area contributed by atoms with Gasteiger partial charge in [-0.1, -0.05) is 0 Å². The third-order valence-electron chi connectivity index (χ3n) is 2.18. The Hall–Kier alpha value is -0.120. The molecule has 2 N–H and O–H groups in total. The highest BCUT2D eigenvalue weighted by Gasteiger charge is 2.27. The van der Waals surface area contributed by atoms with Crippen LogP contribution in [0.15, 0.2) is 0 Å². The lowest BCUT2D eigenvalue weighted by Gasteiger charge is -2.38. The molecule has 0 aromatic rings. The molecule has 0 aromatic carbocycles. The zero-order chi connectivity index (χ0) is 8.32. The van der Waals surface area contributed by atoms with Crippen LogP contribution in [-0.4, -0.2) is 30.3 Å². The summed E-state index contributed by atoms with van der Waals surface area (Å²) in [5, 5.41) is 2.01. The van der Waals surface area contributed by atoms with E-state index in [9.17, 15) is 0 Å². The largest absolute Gasteiger partial charge is 0.329 e. The van der Waals surface area contributed by atoms with Gasteiger partial charge in [-0.2, -0.15) is 5.06 Å². The van der Waals surface area contributed by atoms with Crippen molar-refractivity contribution in [2.24, 2.45) is 5.73 Å². The minimum Gasteiger partial charge on any atom is -0.329 e. The number of nitrogens with zero attached hydrogens (tertiary/aromatic N) is 1. The maximum Gasteiger partial charge on any atom is 0.0685 e. The lowest BCUT2D eigenvalue weighted by Crippen LogP contribution is -2.51. The van der Waals surface area contributed by atoms with Gasteiger partial charge in [-0.05, 0) is 26.7 Å². The summed E-state index contributed by atoms with van der Waals surface area (Å²) in [5.41, 5.74) is 5.62. The first kappa shape index (κ1) is 8.97. The lowest BCUT2D eigenvalue weighted by atomic mass is 10.1. The van der Waals surface area contributed by atoms with Crippen molar-refractivity contribution >= 4 is 0 Å². The fraction of sp³-hybridized carbons (Fsp3) is 1.00. The second-order valence-corrected chi connectivity index (χ2v) is 3.66. The summed E-state index contributed by atoms with van der Waals surface area (Å²) in [6.45, 7) is 6.73. The monoisotopic (exact) mass is 158 g/mol. The Balaban J connectivity index is 2.43. The van der Waals surface area contributed by atoms with E-state index >= 15 is 0 Å². The third-order valence-corrected chi connectivity index (χ3v) is 2.18. The molecule has 0 bridgehead atoms. The molecule has 1 heterocycles. The highest BCUT2D eigenvalue weighted by molar-refractivity contribution is 4.78. The number of hydrogen-bond acceptors (Lipinski definition) is 3. The van der Waals surface area contributed by atoms with Crippen molar-refractivity contribution in [2.75, 3.05) is 19.7 Å². The summed E-state index contributed by atoms with van der Waals surface area (Å²) in [7, 11) is 0. The summed E-state index contributed by atoms with van der Waals surface area (Å²) in [6.07, 6.45) is 2.40. The Morgan fingerprint density at radius 2 is 2.18 bits per heavy atom. The van der Waals surface area contributed by atoms with Gasteiger partial charge in [0.05, 0.1) is 12.1 Å². The Labute approximate surface area is 68.5 Å². The molecule has 0 amide bonds. The topological polar surface area (TPSA) is 38.5 Å². The van der Waals surface area contributed by atoms with Gasteiger partial charge in [0.1, 0.15) is 0 Å². The van der Waals surface area contributed by atoms with Crippen molar-refractivity contribution in [1.29, 1.82) is 0 Å². The van der Waals surface area contributed by atoms with Crippen LogP contribution in [0.3, 0.4) is 0 Å². The standard InChI is InChI=1S/C8H18N2O/c1-8(2,7-9)10-5-3-4-6-11-10/h3-7,9H2,1-2H3. The molecule has 0 radical (unpaired) electrons. The quantitative estimate of drug-likeness (QED) is 0.644. The van der Waals surface area contributed by atoms with Crippen molar-refractivity contribution in [3.63, 3.8) is 0 Å². The van der Waals surface area contributed by atoms with Gasteiger partial charge in [0, 0.05) is 13.1 Å². The van der Waals surface area contributed by atoms with Crippen LogP contribution in [-0.2, 0) is 4.84 Å². The molecule has 11 heavy (non-hydrogen) atoms. The van der Waals surface area contributed by atoms with Gasteiger partial charge in [-0.3, -0.25) is 4.84 Å². The van der Waals surface area contributed by atoms with Crippen LogP contribution in [0.5, 0.6) is 0 Å². The van der Waals surface area contributed by atoms with Gasteiger partial charge in [-0.25, -0.2) is 0 Å². The molecule has 0 unspecified atom stereocenters. The van der Waals surface area contributed by atoms with E-state index in [2.05, 4.69) is 13.8 Å². The number of rotatable bonds is 2. The lowest BCUT2D eigenvalue weighted by molar-refractivity contribution is -0.229. The molecule has 1 saturated heterocycles. The molecule has 1 aliphatic rings. The van der Waals surface area contributed by atoms with Gasteiger partial charge in [0.15, 0.2) is 0 Å². The van der Waals surface area contributed by atoms with Gasteiger partial charge in [-0.15, -0.1) is 0 Å². The summed E-state index contributed by atoms with van der Waals surface area (Å²) < 4.78 is 0. The van der Waals surface area contributed by atoms with Crippen LogP contribution in [0.2, 0.25) is 0 Å². The van der Waals surface area contributed by atoms with E-state index in [-0.39, 0.29) is 5.54 Å². The molecular formula is C8H18N2O. The molecule has 0 atom stereocenters. The second-order valence-electron chi connectivity index (χ2n) is 3.66. The Bertz CT molecular complexity index is 119. The maximum atomic E-state index is 5.62. The van der Waals surface area contributed by atoms with E-state index in [1.165, 1.54) is 12.8 Å². The van der Waals surface area contributed by atoms with Crippen LogP contribution in [0.25, 0.3) is 0 Å². The van der Waals surface area contributed by atoms with E-state index in [4.69, 9.17) is 10.6 Å². The number of hydroxylamine groups is 2. The Morgan fingerprint density at radius 1 is 1.45 bits per heavy atom. The average Bonchev–Trinajstić information content (AvgIpc) is 2.06. The van der Waals surface area contributed by atoms with Crippen molar-refractivity contribution in [3.05, 3.63) is 0 Å². The van der Waals surface area contributed by atoms with Gasteiger partial charge >= 0.3 is 0 Å². The average molecular weight is 158 g/mol. The number of hydrogen-bond donors (Lipinski definition) is 1. The molecule has 3 nitrogen and oxygen atoms in total. The summed E-state index contributed by atoms with van der Waals surface area (Å²) >= 11 is 0. The van der Waals surface area contributed by atoms with E-state index in [1.807, 2.05) is 5.06 Å². The molecule has 0 spiro atoms. The minimum absolute atomic E-state index is 0.000417. The zero-order valence-corrected chi connectivity index (χ0v) is 7.47. The molecule has 66 valence electrons. The van der Waals surface area contributed by atoms with E-state index in [0.29, 0.717) is 6.54 Å². The molecule has 3 heteroatoms. The fourth-order valence-electron chi connectivity index (χ4n) is 1.18. The third kappa shape index (κ3) is 2.15. The molecular weight excluding hydrogens is 140 g/mol. The normalized spacial score (nSPS) is 22.1. The van der Waals surface area contributed by atoms with Crippen molar-refractivity contribution in [3.8, 4) is 0 Å². The summed E-state index contributed by atoms with van der Waals surface area (Å²) in [6, 6.07) is 0. The Morgan fingerprint density at radius 3 is 2.64 bits per heavy atom. The SMILES string of the molecule is CC(C)(CN)N1CCCCO1. The predicted molar refractivity (Wildman–Crippen MR) is 45.0 cm³/mol. The summed E-state index contributed by atoms with van der Waals surface area (Å²) in [5.74, 6) is 0. The van der Waals surface area contributed by atoms with Crippen molar-refractivity contribution in [2.45, 2.75) is 32.2 Å². The second kappa shape index (κ2) is 3.52. The van der Waals surface area contributed by atoms with Gasteiger partial charge < -0.3 is 5.73 Å². The van der Waals surface area contributed by atoms with Gasteiger partial charge in [0.2, 0.25) is 0 Å². The summed E-state index contributed by atoms with van der Waals surface area (Å²) in [4.78, 5) is 5.49. The molecule has 1 fully saturated rings. The van der Waals surface area contributed by atoms with Gasteiger partial charge in [0.25, 0.3) is 0 Å². The maximum absolute atomic E-state index is 5.62. The smallest absolute Gasteiger partial charge is 0.0685 e. The van der Waals surface area contributed by atoms with Crippen LogP contribution in [0.1, 0.15) is 26.7 Å². The van der Waals surface area contributed by atoms with Crippen molar-refractivity contribution in [1.82, 2.24) is 5.06 Å². The first-order valence-corrected chi connectivity index (χ1v) is 4.27. The minimum atomic E-state index is 0.000417. The van der Waals surface area contributed by atoms with Crippen LogP contribution in [0.4, 0.5) is 0 Å². The molecule has 1 aliphatic heterocycles. The van der Waals surface area contributed by atoms with Crippen molar-refractivity contribution < 1.29 is 4.84 Å². The molecule has 1 rings (SSSR count). The predicted octanol–water partition coefficient (Wildman–Crippen LogP) is 0.751. The van der Waals surface area contributed by atoms with E-state index in [1.54, 1.807) is 0 Å². The van der Waals surface area contributed by atoms with Crippen LogP contribution < -0.4 is 5.73 Å². The molecule has 0 saturated carbocycles.